The summed E-state index contributed by atoms with van der Waals surface area (Å²) in [6.45, 7) is 9.84. The van der Waals surface area contributed by atoms with Crippen molar-refractivity contribution in [2.75, 3.05) is 13.1 Å². The van der Waals surface area contributed by atoms with Crippen LogP contribution in [-0.2, 0) is 0 Å². The second-order valence-electron chi connectivity index (χ2n) is 6.24. The van der Waals surface area contributed by atoms with Gasteiger partial charge in [0.05, 0.1) is 11.7 Å². The lowest BCUT2D eigenvalue weighted by Crippen LogP contribution is -2.40. The number of likely N-dealkylation sites (tertiary alicyclic amines) is 1. The van der Waals surface area contributed by atoms with Crippen LogP contribution in [0.4, 0.5) is 4.79 Å². The Bertz CT molecular complexity index is 454. The van der Waals surface area contributed by atoms with Gasteiger partial charge in [-0.1, -0.05) is 32.9 Å². The van der Waals surface area contributed by atoms with Crippen LogP contribution >= 0.6 is 0 Å². The third-order valence-corrected chi connectivity index (χ3v) is 3.64. The fourth-order valence-corrected chi connectivity index (χ4v) is 2.43. The maximum absolute atomic E-state index is 12.2. The first-order valence-corrected chi connectivity index (χ1v) is 7.50. The van der Waals surface area contributed by atoms with E-state index in [0.29, 0.717) is 18.4 Å². The normalized spacial score (nSPS) is 19.1. The fourth-order valence-electron chi connectivity index (χ4n) is 2.43. The Labute approximate surface area is 120 Å². The topological polar surface area (TPSA) is 58.4 Å². The molecule has 0 aliphatic carbocycles. The minimum Gasteiger partial charge on any atom is -0.359 e. The maximum Gasteiger partial charge on any atom is 0.318 e. The summed E-state index contributed by atoms with van der Waals surface area (Å²) in [6.07, 6.45) is 1.96. The Morgan fingerprint density at radius 3 is 2.85 bits per heavy atom. The number of amides is 2. The molecule has 1 N–H and O–H groups in total. The van der Waals surface area contributed by atoms with Crippen LogP contribution in [0.3, 0.4) is 0 Å². The van der Waals surface area contributed by atoms with Crippen molar-refractivity contribution < 1.29 is 9.32 Å². The van der Waals surface area contributed by atoms with Crippen molar-refractivity contribution in [1.29, 1.82) is 0 Å². The van der Waals surface area contributed by atoms with E-state index >= 15 is 0 Å². The van der Waals surface area contributed by atoms with Crippen LogP contribution in [0.5, 0.6) is 0 Å². The number of carbonyl (C=O) groups is 1. The summed E-state index contributed by atoms with van der Waals surface area (Å²) < 4.78 is 5.44. The molecule has 1 fully saturated rings. The van der Waals surface area contributed by atoms with E-state index in [0.717, 1.165) is 30.8 Å². The molecule has 2 heterocycles. The molecule has 1 atom stereocenters. The standard InChI is InChI=1S/C15H25N3O2/c1-10(2)9-16-15(19)18-7-5-6-13(18)14-8-12(11(3)4)17-20-14/h8,10-11,13H,5-7,9H2,1-4H3,(H,16,19)/t13-/m1/s1. The highest BCUT2D eigenvalue weighted by atomic mass is 16.5. The molecule has 1 aliphatic heterocycles. The van der Waals surface area contributed by atoms with Crippen molar-refractivity contribution in [3.05, 3.63) is 17.5 Å². The molecule has 0 unspecified atom stereocenters. The second kappa shape index (κ2) is 6.29. The number of hydrogen-bond acceptors (Lipinski definition) is 3. The zero-order valence-corrected chi connectivity index (χ0v) is 12.8. The minimum absolute atomic E-state index is 0.00342. The number of hydrogen-bond donors (Lipinski definition) is 1. The highest BCUT2D eigenvalue weighted by Crippen LogP contribution is 2.33. The van der Waals surface area contributed by atoms with Crippen LogP contribution in [0, 0.1) is 5.92 Å². The van der Waals surface area contributed by atoms with Crippen molar-refractivity contribution in [3.8, 4) is 0 Å². The molecule has 1 aromatic rings. The number of urea groups is 1. The highest BCUT2D eigenvalue weighted by Gasteiger charge is 2.32. The molecule has 112 valence electrons. The first kappa shape index (κ1) is 14.9. The van der Waals surface area contributed by atoms with E-state index in [-0.39, 0.29) is 12.1 Å². The van der Waals surface area contributed by atoms with Gasteiger partial charge in [0.1, 0.15) is 0 Å². The van der Waals surface area contributed by atoms with Crippen LogP contribution in [0.15, 0.2) is 10.6 Å². The average molecular weight is 279 g/mol. The van der Waals surface area contributed by atoms with Crippen LogP contribution in [0.25, 0.3) is 0 Å². The molecule has 1 aromatic heterocycles. The zero-order chi connectivity index (χ0) is 14.7. The third-order valence-electron chi connectivity index (χ3n) is 3.64. The molecule has 0 saturated carbocycles. The molecule has 2 rings (SSSR count). The average Bonchev–Trinajstić information content (AvgIpc) is 3.03. The van der Waals surface area contributed by atoms with Gasteiger partial charge in [0.15, 0.2) is 5.76 Å². The highest BCUT2D eigenvalue weighted by molar-refractivity contribution is 5.75. The fraction of sp³-hybridized carbons (Fsp3) is 0.733. The van der Waals surface area contributed by atoms with Gasteiger partial charge in [-0.05, 0) is 24.7 Å². The number of nitrogens with zero attached hydrogens (tertiary/aromatic N) is 2. The van der Waals surface area contributed by atoms with Gasteiger partial charge in [-0.15, -0.1) is 0 Å². The summed E-state index contributed by atoms with van der Waals surface area (Å²) in [7, 11) is 0. The minimum atomic E-state index is 0.00342. The third kappa shape index (κ3) is 3.32. The number of aromatic nitrogens is 1. The van der Waals surface area contributed by atoms with Gasteiger partial charge >= 0.3 is 6.03 Å². The smallest absolute Gasteiger partial charge is 0.318 e. The lowest BCUT2D eigenvalue weighted by Gasteiger charge is -2.23. The molecular weight excluding hydrogens is 254 g/mol. The van der Waals surface area contributed by atoms with Gasteiger partial charge in [-0.2, -0.15) is 0 Å². The Kier molecular flexibility index (Phi) is 4.68. The van der Waals surface area contributed by atoms with E-state index in [4.69, 9.17) is 4.52 Å². The molecule has 20 heavy (non-hydrogen) atoms. The van der Waals surface area contributed by atoms with Crippen LogP contribution < -0.4 is 5.32 Å². The van der Waals surface area contributed by atoms with E-state index in [1.807, 2.05) is 11.0 Å². The van der Waals surface area contributed by atoms with Crippen molar-refractivity contribution in [1.82, 2.24) is 15.4 Å². The summed E-state index contributed by atoms with van der Waals surface area (Å²) in [5.74, 6) is 1.61. The van der Waals surface area contributed by atoms with E-state index in [9.17, 15) is 4.79 Å². The summed E-state index contributed by atoms with van der Waals surface area (Å²) >= 11 is 0. The Hall–Kier alpha value is -1.52. The van der Waals surface area contributed by atoms with Gasteiger partial charge in [0.2, 0.25) is 0 Å². The quantitative estimate of drug-likeness (QED) is 0.920. The van der Waals surface area contributed by atoms with E-state index in [1.54, 1.807) is 0 Å². The summed E-state index contributed by atoms with van der Waals surface area (Å²) in [5, 5.41) is 7.07. The van der Waals surface area contributed by atoms with Gasteiger partial charge in [-0.3, -0.25) is 0 Å². The molecule has 0 bridgehead atoms. The molecule has 5 heteroatoms. The largest absolute Gasteiger partial charge is 0.359 e. The molecule has 2 amide bonds. The van der Waals surface area contributed by atoms with Crippen molar-refractivity contribution in [3.63, 3.8) is 0 Å². The summed E-state index contributed by atoms with van der Waals surface area (Å²) in [4.78, 5) is 14.1. The Balaban J connectivity index is 2.04. The molecular formula is C15H25N3O2. The molecule has 0 spiro atoms. The van der Waals surface area contributed by atoms with E-state index in [2.05, 4.69) is 38.2 Å². The van der Waals surface area contributed by atoms with E-state index < -0.39 is 0 Å². The van der Waals surface area contributed by atoms with Gasteiger partial charge in [0.25, 0.3) is 0 Å². The summed E-state index contributed by atoms with van der Waals surface area (Å²) in [5.41, 5.74) is 0.953. The number of nitrogens with one attached hydrogen (secondary N) is 1. The first-order chi connectivity index (χ1) is 9.49. The molecule has 0 radical (unpaired) electrons. The number of rotatable bonds is 4. The second-order valence-corrected chi connectivity index (χ2v) is 6.24. The van der Waals surface area contributed by atoms with Crippen molar-refractivity contribution in [2.45, 2.75) is 52.5 Å². The maximum atomic E-state index is 12.2. The van der Waals surface area contributed by atoms with Crippen molar-refractivity contribution >= 4 is 6.03 Å². The number of carbonyl (C=O) groups excluding carboxylic acids is 1. The van der Waals surface area contributed by atoms with Crippen LogP contribution in [0.1, 0.15) is 64.0 Å². The molecule has 0 aromatic carbocycles. The van der Waals surface area contributed by atoms with Crippen LogP contribution in [-0.4, -0.2) is 29.2 Å². The molecule has 1 aliphatic rings. The van der Waals surface area contributed by atoms with Crippen molar-refractivity contribution in [2.24, 2.45) is 5.92 Å². The van der Waals surface area contributed by atoms with Gasteiger partial charge in [-0.25, -0.2) is 4.79 Å². The predicted octanol–water partition coefficient (Wildman–Crippen LogP) is 3.30. The van der Waals surface area contributed by atoms with E-state index in [1.165, 1.54) is 0 Å². The lowest BCUT2D eigenvalue weighted by molar-refractivity contribution is 0.181. The zero-order valence-electron chi connectivity index (χ0n) is 12.8. The predicted molar refractivity (Wildman–Crippen MR) is 77.5 cm³/mol. The molecule has 5 nitrogen and oxygen atoms in total. The summed E-state index contributed by atoms with van der Waals surface area (Å²) in [6, 6.07) is 2.02. The first-order valence-electron chi connectivity index (χ1n) is 7.50. The Morgan fingerprint density at radius 1 is 1.50 bits per heavy atom. The van der Waals surface area contributed by atoms with Crippen LogP contribution in [0.2, 0.25) is 0 Å². The van der Waals surface area contributed by atoms with Gasteiger partial charge < -0.3 is 14.7 Å². The monoisotopic (exact) mass is 279 g/mol. The van der Waals surface area contributed by atoms with Gasteiger partial charge in [0, 0.05) is 19.2 Å². The Morgan fingerprint density at radius 2 is 2.25 bits per heavy atom. The molecule has 1 saturated heterocycles. The lowest BCUT2D eigenvalue weighted by atomic mass is 10.1. The SMILES string of the molecule is CC(C)CNC(=O)N1CCC[C@@H]1c1cc(C(C)C)no1.